The van der Waals surface area contributed by atoms with E-state index < -0.39 is 0 Å². The number of aromatic nitrogens is 2. The maximum atomic E-state index is 5.71. The fraction of sp³-hybridized carbons (Fsp3) is 0.727. The quantitative estimate of drug-likeness (QED) is 0.647. The minimum atomic E-state index is 0.0875. The van der Waals surface area contributed by atoms with E-state index in [0.29, 0.717) is 0 Å². The van der Waals surface area contributed by atoms with E-state index >= 15 is 0 Å². The molecule has 0 aliphatic carbocycles. The average molecular weight is 289 g/mol. The maximum Gasteiger partial charge on any atom is 0.0714 e. The van der Waals surface area contributed by atoms with Gasteiger partial charge in [0.2, 0.25) is 0 Å². The smallest absolute Gasteiger partial charge is 0.0714 e. The van der Waals surface area contributed by atoms with Crippen molar-refractivity contribution in [1.82, 2.24) is 15.2 Å². The van der Waals surface area contributed by atoms with E-state index in [-0.39, 0.29) is 11.5 Å². The van der Waals surface area contributed by atoms with Crippen LogP contribution in [0.15, 0.2) is 10.7 Å². The van der Waals surface area contributed by atoms with Crippen LogP contribution in [0, 0.1) is 5.41 Å². The Labute approximate surface area is 106 Å². The average Bonchev–Trinajstić information content (AvgIpc) is 2.61. The Morgan fingerprint density at radius 1 is 1.56 bits per heavy atom. The highest BCUT2D eigenvalue weighted by molar-refractivity contribution is 9.10. The van der Waals surface area contributed by atoms with Crippen LogP contribution in [0.3, 0.4) is 0 Å². The first kappa shape index (κ1) is 13.7. The lowest BCUT2D eigenvalue weighted by molar-refractivity contribution is 0.224. The van der Waals surface area contributed by atoms with Gasteiger partial charge in [-0.3, -0.25) is 16.0 Å². The number of nitrogens with zero attached hydrogens (tertiary/aromatic N) is 2. The van der Waals surface area contributed by atoms with Crippen molar-refractivity contribution in [2.24, 2.45) is 11.3 Å². The summed E-state index contributed by atoms with van der Waals surface area (Å²) in [7, 11) is 0. The van der Waals surface area contributed by atoms with E-state index in [9.17, 15) is 0 Å². The third-order valence-corrected chi connectivity index (χ3v) is 3.88. The van der Waals surface area contributed by atoms with Gasteiger partial charge in [0, 0.05) is 6.54 Å². The number of hydrogen-bond donors (Lipinski definition) is 2. The van der Waals surface area contributed by atoms with Crippen molar-refractivity contribution >= 4 is 15.9 Å². The second-order valence-electron chi connectivity index (χ2n) is 4.64. The normalized spacial score (nSPS) is 14.1. The SMILES string of the molecule is CCn1ncc(Br)c1C(NN)C(C)(C)CC. The van der Waals surface area contributed by atoms with Gasteiger partial charge in [-0.2, -0.15) is 5.10 Å². The van der Waals surface area contributed by atoms with Gasteiger partial charge in [0.25, 0.3) is 0 Å². The van der Waals surface area contributed by atoms with Gasteiger partial charge in [0.1, 0.15) is 0 Å². The molecule has 3 N–H and O–H groups in total. The Balaban J connectivity index is 3.17. The summed E-state index contributed by atoms with van der Waals surface area (Å²) in [5, 5.41) is 4.33. The number of rotatable bonds is 5. The minimum Gasteiger partial charge on any atom is -0.271 e. The second kappa shape index (κ2) is 5.29. The number of nitrogens with one attached hydrogen (secondary N) is 1. The monoisotopic (exact) mass is 288 g/mol. The van der Waals surface area contributed by atoms with Crippen molar-refractivity contribution in [3.05, 3.63) is 16.4 Å². The lowest BCUT2D eigenvalue weighted by atomic mass is 9.80. The summed E-state index contributed by atoms with van der Waals surface area (Å²) < 4.78 is 2.99. The Morgan fingerprint density at radius 2 is 2.19 bits per heavy atom. The number of hydrogen-bond acceptors (Lipinski definition) is 3. The van der Waals surface area contributed by atoms with Crippen LogP contribution in [0.4, 0.5) is 0 Å². The molecule has 0 amide bonds. The summed E-state index contributed by atoms with van der Waals surface area (Å²) in [6, 6.07) is 0.0920. The van der Waals surface area contributed by atoms with Crippen LogP contribution < -0.4 is 11.3 Å². The van der Waals surface area contributed by atoms with Crippen molar-refractivity contribution in [3.63, 3.8) is 0 Å². The molecule has 16 heavy (non-hydrogen) atoms. The van der Waals surface area contributed by atoms with Crippen LogP contribution in [-0.2, 0) is 6.54 Å². The molecule has 0 aliphatic rings. The first-order chi connectivity index (χ1) is 7.47. The molecular formula is C11H21BrN4. The predicted octanol–water partition coefficient (Wildman–Crippen LogP) is 2.61. The lowest BCUT2D eigenvalue weighted by Gasteiger charge is -2.33. The molecule has 5 heteroatoms. The summed E-state index contributed by atoms with van der Waals surface area (Å²) in [5.74, 6) is 5.71. The number of halogens is 1. The molecule has 0 bridgehead atoms. The van der Waals surface area contributed by atoms with Crippen molar-refractivity contribution in [2.75, 3.05) is 0 Å². The van der Waals surface area contributed by atoms with Gasteiger partial charge in [-0.25, -0.2) is 0 Å². The van der Waals surface area contributed by atoms with Crippen molar-refractivity contribution in [1.29, 1.82) is 0 Å². The third kappa shape index (κ3) is 2.47. The molecule has 1 rings (SSSR count). The van der Waals surface area contributed by atoms with Crippen molar-refractivity contribution < 1.29 is 0 Å². The summed E-state index contributed by atoms with van der Waals surface area (Å²) in [4.78, 5) is 0. The van der Waals surface area contributed by atoms with Crippen molar-refractivity contribution in [3.8, 4) is 0 Å². The van der Waals surface area contributed by atoms with Gasteiger partial charge in [0.15, 0.2) is 0 Å². The molecule has 1 unspecified atom stereocenters. The van der Waals surface area contributed by atoms with Gasteiger partial charge < -0.3 is 0 Å². The maximum absolute atomic E-state index is 5.71. The molecule has 92 valence electrons. The van der Waals surface area contributed by atoms with Gasteiger partial charge in [-0.1, -0.05) is 20.8 Å². The van der Waals surface area contributed by atoms with Gasteiger partial charge in [-0.15, -0.1) is 0 Å². The molecule has 1 aromatic heterocycles. The minimum absolute atomic E-state index is 0.0875. The third-order valence-electron chi connectivity index (χ3n) is 3.27. The zero-order valence-electron chi connectivity index (χ0n) is 10.4. The number of aryl methyl sites for hydroxylation is 1. The molecule has 0 radical (unpaired) electrons. The van der Waals surface area contributed by atoms with E-state index in [0.717, 1.165) is 23.1 Å². The number of hydrazine groups is 1. The van der Waals surface area contributed by atoms with Crippen LogP contribution in [0.2, 0.25) is 0 Å². The molecule has 4 nitrogen and oxygen atoms in total. The molecule has 0 fully saturated rings. The van der Waals surface area contributed by atoms with E-state index in [2.05, 4.69) is 54.1 Å². The highest BCUT2D eigenvalue weighted by Gasteiger charge is 2.32. The largest absolute Gasteiger partial charge is 0.271 e. The van der Waals surface area contributed by atoms with Crippen LogP contribution in [0.5, 0.6) is 0 Å². The molecular weight excluding hydrogens is 268 g/mol. The Bertz CT molecular complexity index is 346. The summed E-state index contributed by atoms with van der Waals surface area (Å²) in [5.41, 5.74) is 4.13. The zero-order chi connectivity index (χ0) is 12.3. The molecule has 1 atom stereocenters. The zero-order valence-corrected chi connectivity index (χ0v) is 12.0. The summed E-state index contributed by atoms with van der Waals surface area (Å²) >= 11 is 3.54. The molecule has 1 heterocycles. The van der Waals surface area contributed by atoms with Gasteiger partial charge >= 0.3 is 0 Å². The molecule has 0 saturated carbocycles. The van der Waals surface area contributed by atoms with E-state index in [1.165, 1.54) is 0 Å². The van der Waals surface area contributed by atoms with Crippen LogP contribution in [0.25, 0.3) is 0 Å². The summed E-state index contributed by atoms with van der Waals surface area (Å²) in [6.07, 6.45) is 2.87. The van der Waals surface area contributed by atoms with E-state index in [4.69, 9.17) is 5.84 Å². The predicted molar refractivity (Wildman–Crippen MR) is 69.7 cm³/mol. The molecule has 0 aliphatic heterocycles. The second-order valence-corrected chi connectivity index (χ2v) is 5.49. The fourth-order valence-corrected chi connectivity index (χ4v) is 2.31. The first-order valence-electron chi connectivity index (χ1n) is 5.65. The molecule has 1 aromatic rings. The van der Waals surface area contributed by atoms with Gasteiger partial charge in [-0.05, 0) is 34.7 Å². The standard InChI is InChI=1S/C11H21BrN4/c1-5-11(3,4)10(15-13)9-8(12)7-14-16(9)6-2/h7,10,15H,5-6,13H2,1-4H3. The molecule has 0 spiro atoms. The van der Waals surface area contributed by atoms with Crippen LogP contribution in [0.1, 0.15) is 45.9 Å². The fourth-order valence-electron chi connectivity index (χ4n) is 1.79. The van der Waals surface area contributed by atoms with Crippen molar-refractivity contribution in [2.45, 2.75) is 46.7 Å². The molecule has 0 saturated heterocycles. The topological polar surface area (TPSA) is 55.9 Å². The Morgan fingerprint density at radius 3 is 2.62 bits per heavy atom. The Hall–Kier alpha value is -0.390. The van der Waals surface area contributed by atoms with E-state index in [1.807, 2.05) is 10.9 Å². The highest BCUT2D eigenvalue weighted by atomic mass is 79.9. The van der Waals surface area contributed by atoms with Crippen LogP contribution >= 0.6 is 15.9 Å². The summed E-state index contributed by atoms with van der Waals surface area (Å²) in [6.45, 7) is 9.51. The Kier molecular flexibility index (Phi) is 4.52. The lowest BCUT2D eigenvalue weighted by Crippen LogP contribution is -2.39. The van der Waals surface area contributed by atoms with Gasteiger partial charge in [0.05, 0.1) is 22.4 Å². The number of nitrogens with two attached hydrogens (primary N) is 1. The van der Waals surface area contributed by atoms with Crippen LogP contribution in [-0.4, -0.2) is 9.78 Å². The van der Waals surface area contributed by atoms with E-state index in [1.54, 1.807) is 0 Å². The highest BCUT2D eigenvalue weighted by Crippen LogP contribution is 2.38. The first-order valence-corrected chi connectivity index (χ1v) is 6.44. The molecule has 0 aromatic carbocycles.